The van der Waals surface area contributed by atoms with Crippen LogP contribution in [0.3, 0.4) is 0 Å². The summed E-state index contributed by atoms with van der Waals surface area (Å²) < 4.78 is 3.87. The van der Waals surface area contributed by atoms with Crippen LogP contribution in [0.5, 0.6) is 0 Å². The van der Waals surface area contributed by atoms with E-state index in [9.17, 15) is 0 Å². The third kappa shape index (κ3) is 3.28. The van der Waals surface area contributed by atoms with Crippen molar-refractivity contribution in [3.05, 3.63) is 42.4 Å². The van der Waals surface area contributed by atoms with E-state index in [2.05, 4.69) is 46.7 Å². The number of hydrogen-bond acceptors (Lipinski definition) is 4. The van der Waals surface area contributed by atoms with Gasteiger partial charge in [0.1, 0.15) is 0 Å². The molecule has 0 radical (unpaired) electrons. The molecule has 2 heterocycles. The lowest BCUT2D eigenvalue weighted by Crippen LogP contribution is -2.21. The summed E-state index contributed by atoms with van der Waals surface area (Å²) >= 11 is 0. The summed E-state index contributed by atoms with van der Waals surface area (Å²) in [6.07, 6.45) is 3.88. The van der Waals surface area contributed by atoms with Crippen molar-refractivity contribution >= 4 is 10.9 Å². The molecule has 3 aromatic rings. The molecule has 110 valence electrons. The number of fused-ring (bicyclic) bond motifs is 1. The first-order valence-corrected chi connectivity index (χ1v) is 7.25. The quantitative estimate of drug-likeness (QED) is 0.750. The molecule has 0 unspecified atom stereocenters. The minimum Gasteiger partial charge on any atom is -0.309 e. The molecular weight excluding hydrogens is 264 g/mol. The van der Waals surface area contributed by atoms with Crippen LogP contribution in [-0.2, 0) is 19.6 Å². The number of benzene rings is 1. The second kappa shape index (κ2) is 6.05. The molecule has 0 aliphatic carbocycles. The SMILES string of the molecule is CC(C)NCc1cn(CCn2ncc3ccccc32)nn1. The van der Waals surface area contributed by atoms with Gasteiger partial charge in [0.05, 0.1) is 30.5 Å². The van der Waals surface area contributed by atoms with Crippen LogP contribution >= 0.6 is 0 Å². The number of hydrogen-bond donors (Lipinski definition) is 1. The Hall–Kier alpha value is -2.21. The summed E-state index contributed by atoms with van der Waals surface area (Å²) in [7, 11) is 0. The van der Waals surface area contributed by atoms with Gasteiger partial charge in [0.2, 0.25) is 0 Å². The van der Waals surface area contributed by atoms with Crippen LogP contribution in [0.15, 0.2) is 36.7 Å². The van der Waals surface area contributed by atoms with Gasteiger partial charge in [0.15, 0.2) is 0 Å². The Balaban J connectivity index is 1.62. The van der Waals surface area contributed by atoms with Crippen LogP contribution in [0, 0.1) is 0 Å². The Bertz CT molecular complexity index is 712. The molecule has 0 spiro atoms. The van der Waals surface area contributed by atoms with Crippen molar-refractivity contribution in [3.8, 4) is 0 Å². The van der Waals surface area contributed by atoms with E-state index in [-0.39, 0.29) is 0 Å². The fourth-order valence-corrected chi connectivity index (χ4v) is 2.24. The standard InChI is InChI=1S/C15H20N6/c1-12(2)16-10-14-11-20(19-18-14)7-8-21-15-6-4-3-5-13(15)9-17-21/h3-6,9,11-12,16H,7-8,10H2,1-2H3. The van der Waals surface area contributed by atoms with E-state index >= 15 is 0 Å². The molecule has 6 nitrogen and oxygen atoms in total. The summed E-state index contributed by atoms with van der Waals surface area (Å²) in [5.41, 5.74) is 2.12. The molecular formula is C15H20N6. The minimum atomic E-state index is 0.450. The van der Waals surface area contributed by atoms with Crippen LogP contribution in [0.2, 0.25) is 0 Å². The third-order valence-electron chi connectivity index (χ3n) is 3.37. The second-order valence-electron chi connectivity index (χ2n) is 5.44. The number of aryl methyl sites for hydroxylation is 2. The Kier molecular flexibility index (Phi) is 3.96. The monoisotopic (exact) mass is 284 g/mol. The summed E-state index contributed by atoms with van der Waals surface area (Å²) in [6, 6.07) is 8.67. The van der Waals surface area contributed by atoms with E-state index < -0.39 is 0 Å². The van der Waals surface area contributed by atoms with E-state index in [0.717, 1.165) is 36.2 Å². The number of nitrogens with one attached hydrogen (secondary N) is 1. The lowest BCUT2D eigenvalue weighted by atomic mass is 10.3. The molecule has 0 aliphatic rings. The molecule has 21 heavy (non-hydrogen) atoms. The molecule has 1 aromatic carbocycles. The first-order chi connectivity index (χ1) is 10.2. The van der Waals surface area contributed by atoms with Crippen LogP contribution < -0.4 is 5.32 Å². The lowest BCUT2D eigenvalue weighted by Gasteiger charge is -2.04. The molecule has 1 N–H and O–H groups in total. The van der Waals surface area contributed by atoms with Crippen LogP contribution in [0.4, 0.5) is 0 Å². The maximum atomic E-state index is 4.42. The highest BCUT2D eigenvalue weighted by Crippen LogP contribution is 2.12. The molecule has 0 saturated heterocycles. The Morgan fingerprint density at radius 2 is 2.05 bits per heavy atom. The van der Waals surface area contributed by atoms with Gasteiger partial charge in [-0.25, -0.2) is 0 Å². The number of para-hydroxylation sites is 1. The molecule has 2 aromatic heterocycles. The van der Waals surface area contributed by atoms with Gasteiger partial charge in [-0.15, -0.1) is 5.10 Å². The van der Waals surface area contributed by atoms with Gasteiger partial charge >= 0.3 is 0 Å². The Morgan fingerprint density at radius 1 is 1.19 bits per heavy atom. The van der Waals surface area contributed by atoms with Gasteiger partial charge in [-0.3, -0.25) is 9.36 Å². The summed E-state index contributed by atoms with van der Waals surface area (Å²) in [4.78, 5) is 0. The van der Waals surface area contributed by atoms with Crippen molar-refractivity contribution < 1.29 is 0 Å². The highest BCUT2D eigenvalue weighted by atomic mass is 15.4. The van der Waals surface area contributed by atoms with Crippen molar-refractivity contribution in [2.75, 3.05) is 0 Å². The zero-order chi connectivity index (χ0) is 14.7. The van der Waals surface area contributed by atoms with Crippen molar-refractivity contribution in [2.24, 2.45) is 0 Å². The van der Waals surface area contributed by atoms with Crippen LogP contribution in [0.25, 0.3) is 10.9 Å². The largest absolute Gasteiger partial charge is 0.309 e. The second-order valence-corrected chi connectivity index (χ2v) is 5.44. The number of rotatable bonds is 6. The average molecular weight is 284 g/mol. The minimum absolute atomic E-state index is 0.450. The molecule has 0 atom stereocenters. The van der Waals surface area contributed by atoms with Crippen molar-refractivity contribution in [3.63, 3.8) is 0 Å². The van der Waals surface area contributed by atoms with Crippen LogP contribution in [0.1, 0.15) is 19.5 Å². The predicted octanol–water partition coefficient (Wildman–Crippen LogP) is 1.83. The summed E-state index contributed by atoms with van der Waals surface area (Å²) in [6.45, 7) is 6.54. The fourth-order valence-electron chi connectivity index (χ4n) is 2.24. The predicted molar refractivity (Wildman–Crippen MR) is 81.7 cm³/mol. The van der Waals surface area contributed by atoms with E-state index in [0.29, 0.717) is 6.04 Å². The normalized spacial score (nSPS) is 11.6. The molecule has 0 saturated carbocycles. The van der Waals surface area contributed by atoms with Gasteiger partial charge in [-0.05, 0) is 6.07 Å². The molecule has 0 aliphatic heterocycles. The highest BCUT2D eigenvalue weighted by Gasteiger charge is 2.04. The molecule has 0 fully saturated rings. The van der Waals surface area contributed by atoms with Crippen molar-refractivity contribution in [2.45, 2.75) is 39.5 Å². The highest BCUT2D eigenvalue weighted by molar-refractivity contribution is 5.78. The lowest BCUT2D eigenvalue weighted by molar-refractivity contribution is 0.499. The Labute approximate surface area is 123 Å². The molecule has 0 amide bonds. The van der Waals surface area contributed by atoms with E-state index in [4.69, 9.17) is 0 Å². The first kappa shape index (κ1) is 13.8. The number of nitrogens with zero attached hydrogens (tertiary/aromatic N) is 5. The maximum absolute atomic E-state index is 4.42. The Morgan fingerprint density at radius 3 is 2.90 bits per heavy atom. The van der Waals surface area contributed by atoms with Gasteiger partial charge in [0.25, 0.3) is 0 Å². The molecule has 3 rings (SSSR count). The van der Waals surface area contributed by atoms with Gasteiger partial charge in [0, 0.05) is 24.2 Å². The smallest absolute Gasteiger partial charge is 0.0964 e. The zero-order valence-corrected chi connectivity index (χ0v) is 12.4. The van der Waals surface area contributed by atoms with Crippen molar-refractivity contribution in [1.82, 2.24) is 30.1 Å². The zero-order valence-electron chi connectivity index (χ0n) is 12.4. The topological polar surface area (TPSA) is 60.6 Å². The van der Waals surface area contributed by atoms with Gasteiger partial charge in [-0.1, -0.05) is 37.3 Å². The molecule has 0 bridgehead atoms. The van der Waals surface area contributed by atoms with Gasteiger partial charge in [-0.2, -0.15) is 5.10 Å². The third-order valence-corrected chi connectivity index (χ3v) is 3.37. The first-order valence-electron chi connectivity index (χ1n) is 7.25. The van der Waals surface area contributed by atoms with E-state index in [1.54, 1.807) is 0 Å². The maximum Gasteiger partial charge on any atom is 0.0964 e. The van der Waals surface area contributed by atoms with Crippen molar-refractivity contribution in [1.29, 1.82) is 0 Å². The average Bonchev–Trinajstić information content (AvgIpc) is 3.10. The fraction of sp³-hybridized carbons (Fsp3) is 0.400. The van der Waals surface area contributed by atoms with E-state index in [1.165, 1.54) is 0 Å². The summed E-state index contributed by atoms with van der Waals surface area (Å²) in [5, 5.41) is 17.3. The molecule has 6 heteroatoms. The van der Waals surface area contributed by atoms with Crippen LogP contribution in [-0.4, -0.2) is 30.8 Å². The van der Waals surface area contributed by atoms with Gasteiger partial charge < -0.3 is 5.32 Å². The van der Waals surface area contributed by atoms with E-state index in [1.807, 2.05) is 33.9 Å². The number of aromatic nitrogens is 5. The summed E-state index contributed by atoms with van der Waals surface area (Å²) in [5.74, 6) is 0.